The molecule has 0 spiro atoms. The van der Waals surface area contributed by atoms with Gasteiger partial charge in [0.05, 0.1) is 34.5 Å². The quantitative estimate of drug-likeness (QED) is 0.415. The first-order valence-electron chi connectivity index (χ1n) is 12.0. The Balaban J connectivity index is 1.71. The number of rotatable bonds is 9. The second kappa shape index (κ2) is 11.2. The maximum absolute atomic E-state index is 13.8. The number of nitrogens with zero attached hydrogens (tertiary/aromatic N) is 1. The molecule has 7 nitrogen and oxygen atoms in total. The number of ether oxygens (including phenoxy) is 5. The minimum Gasteiger partial charge on any atom is -0.497 e. The van der Waals surface area contributed by atoms with Crippen LogP contribution in [0.3, 0.4) is 0 Å². The van der Waals surface area contributed by atoms with Gasteiger partial charge in [-0.2, -0.15) is 0 Å². The summed E-state index contributed by atoms with van der Waals surface area (Å²) in [4.78, 5) is 15.7. The first-order valence-corrected chi connectivity index (χ1v) is 12.0. The smallest absolute Gasteiger partial charge is 0.254 e. The van der Waals surface area contributed by atoms with Gasteiger partial charge in [-0.3, -0.25) is 4.79 Å². The van der Waals surface area contributed by atoms with E-state index in [0.717, 1.165) is 23.3 Å². The van der Waals surface area contributed by atoms with Crippen molar-refractivity contribution in [3.8, 4) is 28.7 Å². The van der Waals surface area contributed by atoms with Gasteiger partial charge in [0.2, 0.25) is 0 Å². The lowest BCUT2D eigenvalue weighted by molar-refractivity contribution is 0.0588. The molecule has 1 aliphatic heterocycles. The van der Waals surface area contributed by atoms with Crippen LogP contribution in [0, 0.1) is 0 Å². The van der Waals surface area contributed by atoms with E-state index < -0.39 is 0 Å². The van der Waals surface area contributed by atoms with Gasteiger partial charge in [-0.15, -0.1) is 0 Å². The lowest BCUT2D eigenvalue weighted by atomic mass is 9.91. The average Bonchev–Trinajstić information content (AvgIpc) is 2.94. The molecule has 3 aromatic carbocycles. The van der Waals surface area contributed by atoms with Crippen molar-refractivity contribution in [1.29, 1.82) is 0 Å². The van der Waals surface area contributed by atoms with Crippen LogP contribution in [0.4, 0.5) is 0 Å². The van der Waals surface area contributed by atoms with Crippen molar-refractivity contribution >= 4 is 5.91 Å². The molecule has 1 unspecified atom stereocenters. The highest BCUT2D eigenvalue weighted by atomic mass is 16.5. The summed E-state index contributed by atoms with van der Waals surface area (Å²) < 4.78 is 28.1. The summed E-state index contributed by atoms with van der Waals surface area (Å²) in [6.45, 7) is 2.94. The second-order valence-corrected chi connectivity index (χ2v) is 8.58. The van der Waals surface area contributed by atoms with E-state index in [1.165, 1.54) is 5.56 Å². The normalized spacial score (nSPS) is 14.6. The van der Waals surface area contributed by atoms with Crippen molar-refractivity contribution in [3.63, 3.8) is 0 Å². The Morgan fingerprint density at radius 1 is 0.833 bits per heavy atom. The number of hydrogen-bond donors (Lipinski definition) is 0. The molecule has 3 aromatic rings. The van der Waals surface area contributed by atoms with Gasteiger partial charge in [0, 0.05) is 18.2 Å². The topological polar surface area (TPSA) is 66.5 Å². The van der Waals surface area contributed by atoms with Crippen molar-refractivity contribution in [3.05, 3.63) is 76.9 Å². The standard InChI is InChI=1S/C29H33NO6/c1-6-19-7-9-22(10-8-19)36-18-26-25-17-28(35-5)27(34-4)15-20(25)11-12-30(26)29(31)21-13-23(32-2)16-24(14-21)33-3/h7-10,13-17,26H,6,11-12,18H2,1-5H3. The molecular weight excluding hydrogens is 458 g/mol. The average molecular weight is 492 g/mol. The van der Waals surface area contributed by atoms with E-state index in [0.29, 0.717) is 48.1 Å². The SMILES string of the molecule is CCc1ccc(OCC2c3cc(OC)c(OC)cc3CCN2C(=O)c2cc(OC)cc(OC)c2)cc1. The molecule has 1 aliphatic rings. The maximum Gasteiger partial charge on any atom is 0.254 e. The molecule has 0 aliphatic carbocycles. The largest absolute Gasteiger partial charge is 0.497 e. The molecule has 190 valence electrons. The Bertz CT molecular complexity index is 1180. The van der Waals surface area contributed by atoms with Gasteiger partial charge in [0.1, 0.15) is 23.9 Å². The lowest BCUT2D eigenvalue weighted by Gasteiger charge is -2.37. The predicted molar refractivity (Wildman–Crippen MR) is 138 cm³/mol. The highest BCUT2D eigenvalue weighted by molar-refractivity contribution is 5.95. The van der Waals surface area contributed by atoms with E-state index in [9.17, 15) is 4.79 Å². The van der Waals surface area contributed by atoms with E-state index in [2.05, 4.69) is 19.1 Å². The first-order chi connectivity index (χ1) is 17.5. The zero-order chi connectivity index (χ0) is 25.7. The molecule has 0 saturated carbocycles. The summed E-state index contributed by atoms with van der Waals surface area (Å²) in [6, 6.07) is 16.9. The number of benzene rings is 3. The molecule has 36 heavy (non-hydrogen) atoms. The third-order valence-electron chi connectivity index (χ3n) is 6.60. The van der Waals surface area contributed by atoms with E-state index in [4.69, 9.17) is 23.7 Å². The second-order valence-electron chi connectivity index (χ2n) is 8.58. The molecular formula is C29H33NO6. The molecule has 0 aromatic heterocycles. The molecule has 0 fully saturated rings. The Labute approximate surface area is 212 Å². The van der Waals surface area contributed by atoms with E-state index in [1.54, 1.807) is 46.6 Å². The Morgan fingerprint density at radius 2 is 1.47 bits per heavy atom. The predicted octanol–water partition coefficient (Wildman–Crippen LogP) is 5.10. The Morgan fingerprint density at radius 3 is 2.06 bits per heavy atom. The van der Waals surface area contributed by atoms with Crippen LogP contribution in [0.2, 0.25) is 0 Å². The van der Waals surface area contributed by atoms with E-state index in [-0.39, 0.29) is 11.9 Å². The fourth-order valence-electron chi connectivity index (χ4n) is 4.54. The minimum atomic E-state index is -0.330. The molecule has 1 amide bonds. The van der Waals surface area contributed by atoms with Crippen molar-refractivity contribution in [1.82, 2.24) is 4.90 Å². The van der Waals surface area contributed by atoms with Crippen LogP contribution in [0.1, 0.15) is 40.0 Å². The highest BCUT2D eigenvalue weighted by Gasteiger charge is 2.33. The van der Waals surface area contributed by atoms with Crippen molar-refractivity contribution in [2.45, 2.75) is 25.8 Å². The lowest BCUT2D eigenvalue weighted by Crippen LogP contribution is -2.42. The summed E-state index contributed by atoms with van der Waals surface area (Å²) in [6.07, 6.45) is 1.65. The zero-order valence-electron chi connectivity index (χ0n) is 21.5. The zero-order valence-corrected chi connectivity index (χ0v) is 21.5. The third-order valence-corrected chi connectivity index (χ3v) is 6.60. The van der Waals surface area contributed by atoms with Crippen LogP contribution in [-0.2, 0) is 12.8 Å². The number of carbonyl (C=O) groups is 1. The van der Waals surface area contributed by atoms with Gasteiger partial charge in [-0.25, -0.2) is 0 Å². The highest BCUT2D eigenvalue weighted by Crippen LogP contribution is 2.39. The molecule has 0 radical (unpaired) electrons. The number of fused-ring (bicyclic) bond motifs is 1. The summed E-state index contributed by atoms with van der Waals surface area (Å²) in [7, 11) is 6.37. The van der Waals surface area contributed by atoms with Gasteiger partial charge in [0.25, 0.3) is 5.91 Å². The van der Waals surface area contributed by atoms with Gasteiger partial charge >= 0.3 is 0 Å². The Hall–Kier alpha value is -3.87. The van der Waals surface area contributed by atoms with Crippen molar-refractivity contribution in [2.24, 2.45) is 0 Å². The van der Waals surface area contributed by atoms with Crippen LogP contribution in [0.5, 0.6) is 28.7 Å². The van der Waals surface area contributed by atoms with Crippen LogP contribution >= 0.6 is 0 Å². The third kappa shape index (κ3) is 5.20. The van der Waals surface area contributed by atoms with Crippen molar-refractivity contribution in [2.75, 3.05) is 41.6 Å². The maximum atomic E-state index is 13.8. The fourth-order valence-corrected chi connectivity index (χ4v) is 4.54. The number of aryl methyl sites for hydroxylation is 1. The van der Waals surface area contributed by atoms with Gasteiger partial charge in [-0.1, -0.05) is 19.1 Å². The summed E-state index contributed by atoms with van der Waals surface area (Å²) >= 11 is 0. The summed E-state index contributed by atoms with van der Waals surface area (Å²) in [5, 5.41) is 0. The van der Waals surface area contributed by atoms with Crippen LogP contribution in [0.25, 0.3) is 0 Å². The number of hydrogen-bond acceptors (Lipinski definition) is 6. The van der Waals surface area contributed by atoms with Crippen LogP contribution in [-0.4, -0.2) is 52.4 Å². The minimum absolute atomic E-state index is 0.123. The molecule has 1 atom stereocenters. The molecule has 4 rings (SSSR count). The number of amides is 1. The van der Waals surface area contributed by atoms with Gasteiger partial charge in [-0.05, 0) is 65.9 Å². The summed E-state index contributed by atoms with van der Waals surface area (Å²) in [5.41, 5.74) is 3.82. The molecule has 1 heterocycles. The molecule has 0 bridgehead atoms. The molecule has 0 N–H and O–H groups in total. The monoisotopic (exact) mass is 491 g/mol. The summed E-state index contributed by atoms with van der Waals surface area (Å²) in [5.74, 6) is 3.04. The fraction of sp³-hybridized carbons (Fsp3) is 0.345. The molecule has 7 heteroatoms. The van der Waals surface area contributed by atoms with E-state index >= 15 is 0 Å². The van der Waals surface area contributed by atoms with Crippen LogP contribution in [0.15, 0.2) is 54.6 Å². The number of methoxy groups -OCH3 is 4. The first kappa shape index (κ1) is 25.2. The van der Waals surface area contributed by atoms with Crippen LogP contribution < -0.4 is 23.7 Å². The van der Waals surface area contributed by atoms with Crippen molar-refractivity contribution < 1.29 is 28.5 Å². The van der Waals surface area contributed by atoms with E-state index in [1.807, 2.05) is 29.2 Å². The Kier molecular flexibility index (Phi) is 7.88. The number of carbonyl (C=O) groups excluding carboxylic acids is 1. The van der Waals surface area contributed by atoms with Gasteiger partial charge in [0.15, 0.2) is 11.5 Å². The molecule has 0 saturated heterocycles. The van der Waals surface area contributed by atoms with Gasteiger partial charge < -0.3 is 28.6 Å².